The fourth-order valence-corrected chi connectivity index (χ4v) is 4.31. The molecule has 2 fully saturated rings. The largest absolute Gasteiger partial charge is 0.375 e. The fraction of sp³-hybridized carbons (Fsp3) is 1.00. The lowest BCUT2D eigenvalue weighted by molar-refractivity contribution is -0.102. The van der Waals surface area contributed by atoms with Gasteiger partial charge in [0, 0.05) is 18.9 Å². The Morgan fingerprint density at radius 3 is 2.13 bits per heavy atom. The van der Waals surface area contributed by atoms with E-state index in [0.717, 1.165) is 6.42 Å². The zero-order valence-electron chi connectivity index (χ0n) is 14.2. The van der Waals surface area contributed by atoms with Crippen molar-refractivity contribution >= 4 is 0 Å². The average molecular weight is 338 g/mol. The average Bonchev–Trinajstić information content (AvgIpc) is 2.56. The molecule has 136 valence electrons. The number of ether oxygens (including phenoxy) is 1. The van der Waals surface area contributed by atoms with Crippen LogP contribution in [-0.2, 0) is 4.74 Å². The molecule has 0 spiro atoms. The quantitative estimate of drug-likeness (QED) is 0.563. The molecule has 2 saturated carbocycles. The van der Waals surface area contributed by atoms with Gasteiger partial charge in [0.1, 0.15) is 6.17 Å². The minimum absolute atomic E-state index is 0.0410. The van der Waals surface area contributed by atoms with Gasteiger partial charge >= 0.3 is 0 Å². The molecule has 2 rings (SSSR count). The van der Waals surface area contributed by atoms with Gasteiger partial charge in [-0.1, -0.05) is 13.8 Å². The van der Waals surface area contributed by atoms with Gasteiger partial charge in [0.2, 0.25) is 0 Å². The molecule has 4 atom stereocenters. The lowest BCUT2D eigenvalue weighted by atomic mass is 9.68. The third-order valence-corrected chi connectivity index (χ3v) is 5.83. The molecular formula is C18H30F4O. The number of rotatable bonds is 6. The number of hydrogen-bond acceptors (Lipinski definition) is 1. The summed E-state index contributed by atoms with van der Waals surface area (Å²) < 4.78 is 61.7. The van der Waals surface area contributed by atoms with Crippen LogP contribution in [0.5, 0.6) is 0 Å². The van der Waals surface area contributed by atoms with E-state index in [2.05, 4.69) is 0 Å². The van der Waals surface area contributed by atoms with Crippen molar-refractivity contribution in [2.75, 3.05) is 6.61 Å². The van der Waals surface area contributed by atoms with Crippen LogP contribution >= 0.6 is 0 Å². The van der Waals surface area contributed by atoms with Crippen LogP contribution < -0.4 is 0 Å². The molecule has 0 aromatic rings. The van der Waals surface area contributed by atoms with Crippen molar-refractivity contribution < 1.29 is 22.3 Å². The molecule has 23 heavy (non-hydrogen) atoms. The maximum atomic E-state index is 14.5. The molecule has 0 radical (unpaired) electrons. The van der Waals surface area contributed by atoms with Gasteiger partial charge in [-0.2, -0.15) is 0 Å². The van der Waals surface area contributed by atoms with Crippen molar-refractivity contribution in [2.45, 2.75) is 89.6 Å². The maximum Gasteiger partial charge on any atom is 0.250 e. The van der Waals surface area contributed by atoms with Crippen LogP contribution in [0.3, 0.4) is 0 Å². The lowest BCUT2D eigenvalue weighted by Crippen LogP contribution is -2.46. The SMILES string of the molecule is CCCOC1CCC(C2CCC(C(F)(F)CC)CC2)C(F)C1F. The Labute approximate surface area is 137 Å². The second-order valence-electron chi connectivity index (χ2n) is 7.27. The van der Waals surface area contributed by atoms with Gasteiger partial charge in [-0.25, -0.2) is 17.6 Å². The highest BCUT2D eigenvalue weighted by atomic mass is 19.3. The third-order valence-electron chi connectivity index (χ3n) is 5.83. The second-order valence-corrected chi connectivity index (χ2v) is 7.27. The van der Waals surface area contributed by atoms with Crippen molar-refractivity contribution in [1.82, 2.24) is 0 Å². The van der Waals surface area contributed by atoms with Gasteiger partial charge in [-0.3, -0.25) is 0 Å². The zero-order valence-corrected chi connectivity index (χ0v) is 14.2. The van der Waals surface area contributed by atoms with E-state index in [-0.39, 0.29) is 18.3 Å². The van der Waals surface area contributed by atoms with Crippen molar-refractivity contribution in [2.24, 2.45) is 17.8 Å². The van der Waals surface area contributed by atoms with Crippen LogP contribution in [0.25, 0.3) is 0 Å². The van der Waals surface area contributed by atoms with Crippen LogP contribution in [0.1, 0.15) is 65.2 Å². The van der Waals surface area contributed by atoms with Crippen LogP contribution in [-0.4, -0.2) is 31.0 Å². The van der Waals surface area contributed by atoms with Gasteiger partial charge in [-0.05, 0) is 56.8 Å². The molecule has 0 saturated heterocycles. The molecule has 0 aromatic heterocycles. The standard InChI is InChI=1S/C18H30F4O/c1-3-11-23-15-10-9-14(16(19)17(15)20)12-5-7-13(8-6-12)18(21,22)4-2/h12-17H,3-11H2,1-2H3. The summed E-state index contributed by atoms with van der Waals surface area (Å²) >= 11 is 0. The van der Waals surface area contributed by atoms with E-state index in [1.807, 2.05) is 6.92 Å². The van der Waals surface area contributed by atoms with E-state index in [1.54, 1.807) is 0 Å². The molecule has 0 N–H and O–H groups in total. The Balaban J connectivity index is 1.87. The summed E-state index contributed by atoms with van der Waals surface area (Å²) in [6.45, 7) is 3.91. The predicted molar refractivity (Wildman–Crippen MR) is 83.2 cm³/mol. The van der Waals surface area contributed by atoms with Crippen LogP contribution in [0.15, 0.2) is 0 Å². The van der Waals surface area contributed by atoms with Gasteiger partial charge < -0.3 is 4.74 Å². The molecule has 1 nitrogen and oxygen atoms in total. The molecule has 5 heteroatoms. The summed E-state index contributed by atoms with van der Waals surface area (Å²) in [5.74, 6) is -3.50. The van der Waals surface area contributed by atoms with Crippen molar-refractivity contribution in [1.29, 1.82) is 0 Å². The van der Waals surface area contributed by atoms with E-state index >= 15 is 0 Å². The highest BCUT2D eigenvalue weighted by Crippen LogP contribution is 2.46. The van der Waals surface area contributed by atoms with Crippen LogP contribution in [0, 0.1) is 17.8 Å². The summed E-state index contributed by atoms with van der Waals surface area (Å²) in [4.78, 5) is 0. The minimum atomic E-state index is -2.62. The smallest absolute Gasteiger partial charge is 0.250 e. The van der Waals surface area contributed by atoms with E-state index in [1.165, 1.54) is 6.92 Å². The Bertz CT molecular complexity index is 355. The van der Waals surface area contributed by atoms with Gasteiger partial charge in [0.05, 0.1) is 6.10 Å². The number of halogens is 4. The van der Waals surface area contributed by atoms with Crippen molar-refractivity contribution in [3.63, 3.8) is 0 Å². The normalized spacial score (nSPS) is 39.4. The molecule has 0 aliphatic heterocycles. The number of hydrogen-bond donors (Lipinski definition) is 0. The first-order chi connectivity index (χ1) is 10.9. The van der Waals surface area contributed by atoms with E-state index in [9.17, 15) is 17.6 Å². The first-order valence-corrected chi connectivity index (χ1v) is 9.18. The third kappa shape index (κ3) is 4.40. The molecule has 4 unspecified atom stereocenters. The summed E-state index contributed by atoms with van der Waals surface area (Å²) in [6.07, 6.45) is 0.128. The van der Waals surface area contributed by atoms with Gasteiger partial charge in [-0.15, -0.1) is 0 Å². The molecular weight excluding hydrogens is 308 g/mol. The highest BCUT2D eigenvalue weighted by Gasteiger charge is 2.46. The Kier molecular flexibility index (Phi) is 6.76. The van der Waals surface area contributed by atoms with E-state index in [4.69, 9.17) is 4.74 Å². The second kappa shape index (κ2) is 8.17. The van der Waals surface area contributed by atoms with Crippen LogP contribution in [0.2, 0.25) is 0 Å². The highest BCUT2D eigenvalue weighted by molar-refractivity contribution is 4.94. The number of alkyl halides is 4. The summed E-state index contributed by atoms with van der Waals surface area (Å²) in [7, 11) is 0. The first kappa shape index (κ1) is 19.0. The lowest BCUT2D eigenvalue weighted by Gasteiger charge is -2.42. The predicted octanol–water partition coefficient (Wildman–Crippen LogP) is 5.72. The Hall–Kier alpha value is -0.320. The Morgan fingerprint density at radius 1 is 0.913 bits per heavy atom. The Morgan fingerprint density at radius 2 is 1.57 bits per heavy atom. The molecule has 0 aromatic carbocycles. The molecule has 2 aliphatic rings. The van der Waals surface area contributed by atoms with Crippen LogP contribution in [0.4, 0.5) is 17.6 Å². The summed E-state index contributed by atoms with van der Waals surface area (Å²) in [5, 5.41) is 0. The summed E-state index contributed by atoms with van der Waals surface area (Å²) in [6, 6.07) is 0. The first-order valence-electron chi connectivity index (χ1n) is 9.18. The monoisotopic (exact) mass is 338 g/mol. The van der Waals surface area contributed by atoms with Gasteiger partial charge in [0.15, 0.2) is 6.17 Å². The topological polar surface area (TPSA) is 9.23 Å². The summed E-state index contributed by atoms with van der Waals surface area (Å²) in [5.41, 5.74) is 0. The maximum absolute atomic E-state index is 14.5. The van der Waals surface area contributed by atoms with E-state index in [0.29, 0.717) is 45.1 Å². The van der Waals surface area contributed by atoms with Crippen molar-refractivity contribution in [3.05, 3.63) is 0 Å². The molecule has 2 aliphatic carbocycles. The van der Waals surface area contributed by atoms with Gasteiger partial charge in [0.25, 0.3) is 5.92 Å². The van der Waals surface area contributed by atoms with Crippen molar-refractivity contribution in [3.8, 4) is 0 Å². The molecule has 0 amide bonds. The molecule has 0 heterocycles. The molecule has 0 bridgehead atoms. The minimum Gasteiger partial charge on any atom is -0.375 e. The van der Waals surface area contributed by atoms with E-state index < -0.39 is 30.3 Å². The zero-order chi connectivity index (χ0) is 17.0. The fourth-order valence-electron chi connectivity index (χ4n) is 4.31.